The molecular formula is C12H10N2O2. The van der Waals surface area contributed by atoms with Crippen molar-refractivity contribution in [1.82, 2.24) is 10.2 Å². The molecule has 1 N–H and O–H groups in total. The van der Waals surface area contributed by atoms with Crippen molar-refractivity contribution >= 4 is 16.9 Å². The number of hydrogen-bond donors (Lipinski definition) is 1. The van der Waals surface area contributed by atoms with E-state index in [2.05, 4.69) is 26.8 Å². The molecule has 2 aromatic rings. The van der Waals surface area contributed by atoms with Crippen molar-refractivity contribution in [3.8, 4) is 11.8 Å². The maximum absolute atomic E-state index is 10.9. The van der Waals surface area contributed by atoms with E-state index in [1.54, 1.807) is 6.20 Å². The molecule has 0 aliphatic carbocycles. The first-order valence-electron chi connectivity index (χ1n) is 4.74. The molecule has 16 heavy (non-hydrogen) atoms. The second-order valence-electron chi connectivity index (χ2n) is 3.37. The van der Waals surface area contributed by atoms with Gasteiger partial charge in [0.05, 0.1) is 18.8 Å². The van der Waals surface area contributed by atoms with Gasteiger partial charge in [-0.3, -0.25) is 5.10 Å². The molecule has 1 aromatic heterocycles. The minimum atomic E-state index is -0.535. The van der Waals surface area contributed by atoms with Crippen LogP contribution in [0.1, 0.15) is 11.1 Å². The zero-order chi connectivity index (χ0) is 11.5. The maximum Gasteiger partial charge on any atom is 0.384 e. The van der Waals surface area contributed by atoms with Crippen LogP contribution in [0.3, 0.4) is 0 Å². The number of esters is 1. The normalized spacial score (nSPS) is 9.62. The van der Waals surface area contributed by atoms with Gasteiger partial charge in [-0.15, -0.1) is 0 Å². The zero-order valence-corrected chi connectivity index (χ0v) is 9.00. The lowest BCUT2D eigenvalue weighted by molar-refractivity contribution is -0.133. The lowest BCUT2D eigenvalue weighted by atomic mass is 10.1. The van der Waals surface area contributed by atoms with E-state index >= 15 is 0 Å². The molecule has 80 valence electrons. The number of nitrogens with one attached hydrogen (secondary N) is 1. The number of methoxy groups -OCH3 is 1. The van der Waals surface area contributed by atoms with Gasteiger partial charge in [-0.2, -0.15) is 5.10 Å². The maximum atomic E-state index is 10.9. The van der Waals surface area contributed by atoms with Crippen molar-refractivity contribution in [1.29, 1.82) is 0 Å². The topological polar surface area (TPSA) is 55.0 Å². The van der Waals surface area contributed by atoms with Crippen molar-refractivity contribution < 1.29 is 9.53 Å². The Hall–Kier alpha value is -2.28. The van der Waals surface area contributed by atoms with Crippen molar-refractivity contribution in [3.05, 3.63) is 29.5 Å². The zero-order valence-electron chi connectivity index (χ0n) is 9.00. The highest BCUT2D eigenvalue weighted by Crippen LogP contribution is 2.16. The predicted octanol–water partition coefficient (Wildman–Crippen LogP) is 1.40. The first-order valence-corrected chi connectivity index (χ1v) is 4.74. The van der Waals surface area contributed by atoms with Crippen LogP contribution in [-0.4, -0.2) is 23.3 Å². The number of carbonyl (C=O) groups is 1. The van der Waals surface area contributed by atoms with Crippen LogP contribution in [-0.2, 0) is 9.53 Å². The van der Waals surface area contributed by atoms with Gasteiger partial charge in [0.15, 0.2) is 0 Å². The van der Waals surface area contributed by atoms with Gasteiger partial charge in [-0.05, 0) is 24.6 Å². The molecule has 1 aromatic carbocycles. The minimum Gasteiger partial charge on any atom is -0.459 e. The van der Waals surface area contributed by atoms with Gasteiger partial charge < -0.3 is 4.74 Å². The lowest BCUT2D eigenvalue weighted by Crippen LogP contribution is -1.94. The first kappa shape index (κ1) is 10.2. The third-order valence-electron chi connectivity index (χ3n) is 2.27. The number of carbonyl (C=O) groups excluding carboxylic acids is 1. The summed E-state index contributed by atoms with van der Waals surface area (Å²) in [5.74, 6) is 4.65. The second-order valence-corrected chi connectivity index (χ2v) is 3.37. The predicted molar refractivity (Wildman–Crippen MR) is 59.7 cm³/mol. The van der Waals surface area contributed by atoms with Crippen LogP contribution in [0.2, 0.25) is 0 Å². The van der Waals surface area contributed by atoms with Crippen molar-refractivity contribution in [2.45, 2.75) is 6.92 Å². The van der Waals surface area contributed by atoms with Crippen LogP contribution in [0.5, 0.6) is 0 Å². The van der Waals surface area contributed by atoms with Gasteiger partial charge in [0.2, 0.25) is 0 Å². The molecule has 0 bridgehead atoms. The van der Waals surface area contributed by atoms with Gasteiger partial charge in [-0.25, -0.2) is 4.79 Å². The van der Waals surface area contributed by atoms with Crippen LogP contribution in [0, 0.1) is 18.8 Å². The Morgan fingerprint density at radius 3 is 3.06 bits per heavy atom. The molecule has 0 saturated carbocycles. The lowest BCUT2D eigenvalue weighted by Gasteiger charge is -1.97. The average molecular weight is 214 g/mol. The average Bonchev–Trinajstić information content (AvgIpc) is 2.72. The minimum absolute atomic E-state index is 0.535. The van der Waals surface area contributed by atoms with Gasteiger partial charge in [0, 0.05) is 16.9 Å². The van der Waals surface area contributed by atoms with Crippen LogP contribution < -0.4 is 0 Å². The number of aromatic amines is 1. The summed E-state index contributed by atoms with van der Waals surface area (Å²) in [6.07, 6.45) is 1.72. The largest absolute Gasteiger partial charge is 0.459 e. The van der Waals surface area contributed by atoms with Crippen LogP contribution in [0.25, 0.3) is 10.9 Å². The summed E-state index contributed by atoms with van der Waals surface area (Å²) in [6.45, 7) is 1.93. The van der Waals surface area contributed by atoms with E-state index in [0.29, 0.717) is 0 Å². The third kappa shape index (κ3) is 1.89. The monoisotopic (exact) mass is 214 g/mol. The van der Waals surface area contributed by atoms with Crippen molar-refractivity contribution in [3.63, 3.8) is 0 Å². The number of hydrogen-bond acceptors (Lipinski definition) is 3. The summed E-state index contributed by atoms with van der Waals surface area (Å²) in [4.78, 5) is 10.9. The van der Waals surface area contributed by atoms with E-state index in [0.717, 1.165) is 22.0 Å². The number of benzene rings is 1. The van der Waals surface area contributed by atoms with Crippen LogP contribution in [0.4, 0.5) is 0 Å². The molecule has 0 saturated heterocycles. The highest BCUT2D eigenvalue weighted by Gasteiger charge is 2.01. The van der Waals surface area contributed by atoms with E-state index in [1.807, 2.05) is 19.1 Å². The Bertz CT molecular complexity index is 602. The van der Waals surface area contributed by atoms with E-state index in [4.69, 9.17) is 0 Å². The highest BCUT2D eigenvalue weighted by molar-refractivity contribution is 5.89. The molecule has 0 radical (unpaired) electrons. The number of ether oxygens (including phenoxy) is 1. The third-order valence-corrected chi connectivity index (χ3v) is 2.27. The molecule has 0 atom stereocenters. The summed E-state index contributed by atoms with van der Waals surface area (Å²) in [5.41, 5.74) is 2.76. The Labute approximate surface area is 92.6 Å². The number of rotatable bonds is 0. The Morgan fingerprint density at radius 1 is 1.50 bits per heavy atom. The molecule has 0 spiro atoms. The summed E-state index contributed by atoms with van der Waals surface area (Å²) in [7, 11) is 1.31. The Kier molecular flexibility index (Phi) is 2.61. The smallest absolute Gasteiger partial charge is 0.384 e. The highest BCUT2D eigenvalue weighted by atomic mass is 16.5. The number of H-pyrrole nitrogens is 1. The molecule has 0 amide bonds. The molecule has 0 unspecified atom stereocenters. The number of nitrogens with zero attached hydrogens (tertiary/aromatic N) is 1. The Morgan fingerprint density at radius 2 is 2.31 bits per heavy atom. The number of fused-ring (bicyclic) bond motifs is 1. The fourth-order valence-corrected chi connectivity index (χ4v) is 1.40. The molecule has 2 rings (SSSR count). The standard InChI is InChI=1S/C12H10N2O2/c1-8-5-11-10(7-13-14-11)6-9(8)3-4-12(15)16-2/h5-7H,1-2H3,(H,13,14). The fraction of sp³-hybridized carbons (Fsp3) is 0.167. The van der Waals surface area contributed by atoms with Gasteiger partial charge in [0.25, 0.3) is 0 Å². The number of aromatic nitrogens is 2. The van der Waals surface area contributed by atoms with Gasteiger partial charge >= 0.3 is 5.97 Å². The van der Waals surface area contributed by atoms with Gasteiger partial charge in [0.1, 0.15) is 0 Å². The SMILES string of the molecule is COC(=O)C#Cc1cc2cn[nH]c2cc1C. The molecule has 0 aliphatic rings. The van der Waals surface area contributed by atoms with Crippen molar-refractivity contribution in [2.24, 2.45) is 0 Å². The summed E-state index contributed by atoms with van der Waals surface area (Å²) < 4.78 is 4.45. The van der Waals surface area contributed by atoms with E-state index in [1.165, 1.54) is 7.11 Å². The molecule has 4 heteroatoms. The first-order chi connectivity index (χ1) is 7.70. The molecule has 4 nitrogen and oxygen atoms in total. The molecule has 0 aliphatic heterocycles. The second kappa shape index (κ2) is 4.07. The molecule has 0 fully saturated rings. The molecule has 1 heterocycles. The number of aryl methyl sites for hydroxylation is 1. The summed E-state index contributed by atoms with van der Waals surface area (Å²) >= 11 is 0. The van der Waals surface area contributed by atoms with Crippen LogP contribution >= 0.6 is 0 Å². The van der Waals surface area contributed by atoms with E-state index in [9.17, 15) is 4.79 Å². The van der Waals surface area contributed by atoms with Crippen molar-refractivity contribution in [2.75, 3.05) is 7.11 Å². The van der Waals surface area contributed by atoms with Gasteiger partial charge in [-0.1, -0.05) is 5.92 Å². The molecular weight excluding hydrogens is 204 g/mol. The van der Waals surface area contributed by atoms with E-state index in [-0.39, 0.29) is 0 Å². The van der Waals surface area contributed by atoms with Crippen LogP contribution in [0.15, 0.2) is 18.3 Å². The van der Waals surface area contributed by atoms with E-state index < -0.39 is 5.97 Å². The summed E-state index contributed by atoms with van der Waals surface area (Å²) in [5, 5.41) is 7.78. The Balaban J connectivity index is 2.46. The quantitative estimate of drug-likeness (QED) is 0.532. The summed E-state index contributed by atoms with van der Waals surface area (Å²) in [6, 6.07) is 3.84. The fourth-order valence-electron chi connectivity index (χ4n) is 1.40.